The lowest BCUT2D eigenvalue weighted by Crippen LogP contribution is -2.23. The highest BCUT2D eigenvalue weighted by molar-refractivity contribution is 7.98. The van der Waals surface area contributed by atoms with Gasteiger partial charge in [-0.1, -0.05) is 30.0 Å². The number of aromatic nitrogens is 4. The van der Waals surface area contributed by atoms with Crippen molar-refractivity contribution in [3.8, 4) is 10.7 Å². The molecule has 0 saturated heterocycles. The van der Waals surface area contributed by atoms with Crippen LogP contribution in [0.2, 0.25) is 0 Å². The number of benzene rings is 1. The average Bonchev–Trinajstić information content (AvgIpc) is 3.43. The predicted octanol–water partition coefficient (Wildman–Crippen LogP) is 5.12. The molecule has 0 fully saturated rings. The van der Waals surface area contributed by atoms with Crippen LogP contribution in [0.3, 0.4) is 0 Å². The summed E-state index contributed by atoms with van der Waals surface area (Å²) in [5, 5.41) is 13.6. The number of hydrogen-bond acceptors (Lipinski definition) is 7. The molecule has 3 aromatic heterocycles. The molecule has 0 radical (unpaired) electrons. The SMILES string of the molecule is CC(=O)N(c1nc(CSc2nnc(-c3cccs3)n2C)cs1)c1ccccc1F. The molecule has 4 rings (SSSR count). The molecule has 1 amide bonds. The minimum atomic E-state index is -0.464. The Balaban J connectivity index is 1.51. The maximum Gasteiger partial charge on any atom is 0.230 e. The molecular weight excluding hydrogens is 429 g/mol. The van der Waals surface area contributed by atoms with Crippen LogP contribution in [0.5, 0.6) is 0 Å². The van der Waals surface area contributed by atoms with Crippen LogP contribution in [0.1, 0.15) is 12.6 Å². The number of thiophene rings is 1. The third-order valence-electron chi connectivity index (χ3n) is 4.06. The summed E-state index contributed by atoms with van der Waals surface area (Å²) in [5.74, 6) is 0.631. The molecule has 0 N–H and O–H groups in total. The first-order valence-electron chi connectivity index (χ1n) is 8.60. The summed E-state index contributed by atoms with van der Waals surface area (Å²) in [4.78, 5) is 19.0. The van der Waals surface area contributed by atoms with Crippen molar-refractivity contribution >= 4 is 51.2 Å². The molecule has 0 aliphatic carbocycles. The molecule has 0 bridgehead atoms. The molecule has 29 heavy (non-hydrogen) atoms. The van der Waals surface area contributed by atoms with Crippen LogP contribution in [0.4, 0.5) is 15.2 Å². The zero-order valence-electron chi connectivity index (χ0n) is 15.6. The van der Waals surface area contributed by atoms with Crippen molar-refractivity contribution in [1.29, 1.82) is 0 Å². The van der Waals surface area contributed by atoms with Gasteiger partial charge in [-0.3, -0.25) is 9.69 Å². The van der Waals surface area contributed by atoms with E-state index in [1.165, 1.54) is 41.0 Å². The van der Waals surface area contributed by atoms with Gasteiger partial charge in [-0.25, -0.2) is 9.37 Å². The van der Waals surface area contributed by atoms with Gasteiger partial charge >= 0.3 is 0 Å². The molecule has 0 spiro atoms. The van der Waals surface area contributed by atoms with Crippen molar-refractivity contribution in [2.45, 2.75) is 17.8 Å². The minimum absolute atomic E-state index is 0.197. The molecule has 0 aliphatic rings. The number of halogens is 1. The number of thioether (sulfide) groups is 1. The highest BCUT2D eigenvalue weighted by Crippen LogP contribution is 2.33. The number of anilines is 2. The van der Waals surface area contributed by atoms with Gasteiger partial charge in [0.2, 0.25) is 5.91 Å². The highest BCUT2D eigenvalue weighted by atomic mass is 32.2. The number of carbonyl (C=O) groups excluding carboxylic acids is 1. The van der Waals surface area contributed by atoms with E-state index >= 15 is 0 Å². The van der Waals surface area contributed by atoms with Crippen LogP contribution in [0.15, 0.2) is 52.3 Å². The van der Waals surface area contributed by atoms with Crippen LogP contribution < -0.4 is 4.90 Å². The lowest BCUT2D eigenvalue weighted by molar-refractivity contribution is -0.115. The zero-order chi connectivity index (χ0) is 20.4. The molecule has 0 saturated carbocycles. The summed E-state index contributed by atoms with van der Waals surface area (Å²) < 4.78 is 16.1. The molecule has 1 aromatic carbocycles. The zero-order valence-corrected chi connectivity index (χ0v) is 18.0. The van der Waals surface area contributed by atoms with E-state index in [0.29, 0.717) is 10.9 Å². The first-order valence-corrected chi connectivity index (χ1v) is 11.3. The molecule has 0 aliphatic heterocycles. The third kappa shape index (κ3) is 4.09. The van der Waals surface area contributed by atoms with Crippen molar-refractivity contribution in [1.82, 2.24) is 19.7 Å². The molecule has 0 unspecified atom stereocenters. The number of amides is 1. The number of rotatable bonds is 6. The van der Waals surface area contributed by atoms with Crippen LogP contribution >= 0.6 is 34.4 Å². The number of carbonyl (C=O) groups is 1. The van der Waals surface area contributed by atoms with E-state index in [9.17, 15) is 9.18 Å². The predicted molar refractivity (Wildman–Crippen MR) is 115 cm³/mol. The summed E-state index contributed by atoms with van der Waals surface area (Å²) in [6, 6.07) is 10.2. The topological polar surface area (TPSA) is 63.9 Å². The second-order valence-corrected chi connectivity index (χ2v) is 8.79. The monoisotopic (exact) mass is 445 g/mol. The molecule has 148 valence electrons. The summed E-state index contributed by atoms with van der Waals surface area (Å²) >= 11 is 4.43. The fraction of sp³-hybridized carbons (Fsp3) is 0.158. The lowest BCUT2D eigenvalue weighted by atomic mass is 10.3. The fourth-order valence-electron chi connectivity index (χ4n) is 2.71. The van der Waals surface area contributed by atoms with Gasteiger partial charge in [0.05, 0.1) is 16.3 Å². The average molecular weight is 446 g/mol. The Hall–Kier alpha value is -2.56. The van der Waals surface area contributed by atoms with Crippen molar-refractivity contribution in [2.24, 2.45) is 7.05 Å². The van der Waals surface area contributed by atoms with E-state index in [0.717, 1.165) is 21.6 Å². The Morgan fingerprint density at radius 3 is 2.76 bits per heavy atom. The van der Waals surface area contributed by atoms with Gasteiger partial charge in [0, 0.05) is 25.1 Å². The third-order valence-corrected chi connectivity index (χ3v) is 6.86. The van der Waals surface area contributed by atoms with E-state index in [1.54, 1.807) is 29.5 Å². The Labute approximate surface area is 179 Å². The van der Waals surface area contributed by atoms with Gasteiger partial charge in [-0.2, -0.15) is 0 Å². The van der Waals surface area contributed by atoms with E-state index < -0.39 is 5.82 Å². The van der Waals surface area contributed by atoms with Gasteiger partial charge < -0.3 is 4.57 Å². The maximum atomic E-state index is 14.2. The first kappa shape index (κ1) is 19.7. The molecule has 10 heteroatoms. The van der Waals surface area contributed by atoms with Gasteiger partial charge in [-0.15, -0.1) is 32.9 Å². The van der Waals surface area contributed by atoms with Crippen LogP contribution in [-0.2, 0) is 17.6 Å². The van der Waals surface area contributed by atoms with E-state index in [1.807, 2.05) is 34.5 Å². The summed E-state index contributed by atoms with van der Waals surface area (Å²) in [6.07, 6.45) is 0. The quantitative estimate of drug-likeness (QED) is 0.386. The number of para-hydroxylation sites is 1. The van der Waals surface area contributed by atoms with Crippen molar-refractivity contribution < 1.29 is 9.18 Å². The lowest BCUT2D eigenvalue weighted by Gasteiger charge is -2.18. The summed E-state index contributed by atoms with van der Waals surface area (Å²) in [6.45, 7) is 1.40. The molecule has 4 aromatic rings. The second-order valence-electron chi connectivity index (χ2n) is 6.06. The maximum absolute atomic E-state index is 14.2. The molecule has 6 nitrogen and oxygen atoms in total. The molecular formula is C19H16FN5OS3. The van der Waals surface area contributed by atoms with Crippen molar-refractivity contribution in [3.05, 3.63) is 58.7 Å². The summed E-state index contributed by atoms with van der Waals surface area (Å²) in [7, 11) is 1.93. The van der Waals surface area contributed by atoms with Crippen molar-refractivity contribution in [3.63, 3.8) is 0 Å². The normalized spacial score (nSPS) is 11.0. The van der Waals surface area contributed by atoms with E-state index in [4.69, 9.17) is 0 Å². The Kier molecular flexibility index (Phi) is 5.74. The van der Waals surface area contributed by atoms with Gasteiger partial charge in [0.15, 0.2) is 16.1 Å². The van der Waals surface area contributed by atoms with Crippen LogP contribution in [0.25, 0.3) is 10.7 Å². The van der Waals surface area contributed by atoms with Gasteiger partial charge in [-0.05, 0) is 23.6 Å². The smallest absolute Gasteiger partial charge is 0.230 e. The van der Waals surface area contributed by atoms with E-state index in [2.05, 4.69) is 15.2 Å². The van der Waals surface area contributed by atoms with Gasteiger partial charge in [0.1, 0.15) is 5.82 Å². The Morgan fingerprint density at radius 2 is 2.03 bits per heavy atom. The van der Waals surface area contributed by atoms with Crippen LogP contribution in [0, 0.1) is 5.82 Å². The standard InChI is InChI=1S/C19H16FN5OS3/c1-12(26)25(15-7-4-3-6-14(15)20)18-21-13(10-28-18)11-29-19-23-22-17(24(19)2)16-8-5-9-27-16/h3-10H,11H2,1-2H3. The summed E-state index contributed by atoms with van der Waals surface area (Å²) in [5.41, 5.74) is 0.987. The number of thiazole rings is 1. The van der Waals surface area contributed by atoms with Crippen LogP contribution in [-0.4, -0.2) is 25.7 Å². The van der Waals surface area contributed by atoms with Crippen molar-refractivity contribution in [2.75, 3.05) is 4.90 Å². The minimum Gasteiger partial charge on any atom is -0.304 e. The molecule has 3 heterocycles. The second kappa shape index (κ2) is 8.44. The first-order chi connectivity index (χ1) is 14.0. The Bertz CT molecular complexity index is 1140. The van der Waals surface area contributed by atoms with E-state index in [-0.39, 0.29) is 11.6 Å². The highest BCUT2D eigenvalue weighted by Gasteiger charge is 2.21. The number of nitrogens with zero attached hydrogens (tertiary/aromatic N) is 5. The number of hydrogen-bond donors (Lipinski definition) is 0. The van der Waals surface area contributed by atoms with Gasteiger partial charge in [0.25, 0.3) is 0 Å². The largest absolute Gasteiger partial charge is 0.304 e. The Morgan fingerprint density at radius 1 is 1.21 bits per heavy atom. The molecule has 0 atom stereocenters. The fourth-order valence-corrected chi connectivity index (χ4v) is 5.24.